The molecule has 0 saturated heterocycles. The molecule has 2 heteroatoms. The van der Waals surface area contributed by atoms with E-state index < -0.39 is 0 Å². The van der Waals surface area contributed by atoms with Crippen molar-refractivity contribution in [2.24, 2.45) is 0 Å². The van der Waals surface area contributed by atoms with E-state index in [0.717, 1.165) is 18.5 Å². The maximum Gasteiger partial charge on any atom is 0.0606 e. The molecule has 0 radical (unpaired) electrons. The van der Waals surface area contributed by atoms with Gasteiger partial charge in [-0.2, -0.15) is 0 Å². The first kappa shape index (κ1) is 11.0. The lowest BCUT2D eigenvalue weighted by Crippen LogP contribution is -2.18. The van der Waals surface area contributed by atoms with Gasteiger partial charge < -0.3 is 5.32 Å². The number of aromatic nitrogens is 1. The van der Waals surface area contributed by atoms with Gasteiger partial charge in [0.1, 0.15) is 0 Å². The van der Waals surface area contributed by atoms with Gasteiger partial charge >= 0.3 is 0 Å². The van der Waals surface area contributed by atoms with Gasteiger partial charge in [0.25, 0.3) is 0 Å². The van der Waals surface area contributed by atoms with Crippen molar-refractivity contribution in [3.63, 3.8) is 0 Å². The number of rotatable bonds is 4. The average Bonchev–Trinajstić information content (AvgIpc) is 2.18. The fraction of sp³-hybridized carbons (Fsp3) is 0.583. The number of nitrogens with zero attached hydrogens (tertiary/aromatic N) is 1. The smallest absolute Gasteiger partial charge is 0.0606 e. The van der Waals surface area contributed by atoms with E-state index in [0.29, 0.717) is 6.04 Å². The van der Waals surface area contributed by atoms with Gasteiger partial charge in [-0.3, -0.25) is 4.98 Å². The molecular weight excluding hydrogens is 172 g/mol. The van der Waals surface area contributed by atoms with E-state index in [-0.39, 0.29) is 0 Å². The molecule has 0 bridgehead atoms. The fourth-order valence-electron chi connectivity index (χ4n) is 1.61. The van der Waals surface area contributed by atoms with E-state index in [4.69, 9.17) is 0 Å². The van der Waals surface area contributed by atoms with E-state index in [1.54, 1.807) is 0 Å². The van der Waals surface area contributed by atoms with Gasteiger partial charge in [0.2, 0.25) is 0 Å². The minimum absolute atomic E-state index is 0.566. The van der Waals surface area contributed by atoms with Gasteiger partial charge in [-0.05, 0) is 38.3 Å². The first-order valence-corrected chi connectivity index (χ1v) is 5.37. The summed E-state index contributed by atoms with van der Waals surface area (Å²) in [4.78, 5) is 4.30. The van der Waals surface area contributed by atoms with Crippen molar-refractivity contribution < 1.29 is 0 Å². The minimum atomic E-state index is 0.566. The summed E-state index contributed by atoms with van der Waals surface area (Å²) in [5.41, 5.74) is 3.59. The molecule has 1 N–H and O–H groups in total. The summed E-state index contributed by atoms with van der Waals surface area (Å²) in [5.74, 6) is 0. The third kappa shape index (κ3) is 2.47. The predicted octanol–water partition coefficient (Wildman–Crippen LogP) is 3.30. The molecule has 1 rings (SSSR count). The van der Waals surface area contributed by atoms with Crippen LogP contribution in [0.1, 0.15) is 37.9 Å². The van der Waals surface area contributed by atoms with Crippen LogP contribution in [0, 0.1) is 13.8 Å². The van der Waals surface area contributed by atoms with Gasteiger partial charge in [-0.25, -0.2) is 0 Å². The monoisotopic (exact) mass is 192 g/mol. The summed E-state index contributed by atoms with van der Waals surface area (Å²) in [6, 6.07) is 2.62. The summed E-state index contributed by atoms with van der Waals surface area (Å²) >= 11 is 0. The highest BCUT2D eigenvalue weighted by molar-refractivity contribution is 5.54. The van der Waals surface area contributed by atoms with Crippen LogP contribution in [0.5, 0.6) is 0 Å². The molecule has 1 aromatic rings. The molecule has 0 saturated carbocycles. The van der Waals surface area contributed by atoms with E-state index in [1.807, 2.05) is 6.20 Å². The number of aryl methyl sites for hydroxylation is 2. The van der Waals surface area contributed by atoms with Crippen molar-refractivity contribution in [1.82, 2.24) is 4.98 Å². The van der Waals surface area contributed by atoms with Crippen molar-refractivity contribution in [3.05, 3.63) is 23.5 Å². The molecule has 78 valence electrons. The van der Waals surface area contributed by atoms with Crippen LogP contribution in [0.2, 0.25) is 0 Å². The number of nitrogens with one attached hydrogen (secondary N) is 1. The Morgan fingerprint density at radius 2 is 1.93 bits per heavy atom. The Balaban J connectivity index is 2.84. The van der Waals surface area contributed by atoms with Crippen LogP contribution in [-0.4, -0.2) is 11.0 Å². The molecule has 0 aliphatic heterocycles. The fourth-order valence-corrected chi connectivity index (χ4v) is 1.61. The van der Waals surface area contributed by atoms with E-state index in [1.165, 1.54) is 11.3 Å². The second-order valence-corrected chi connectivity index (χ2v) is 3.75. The van der Waals surface area contributed by atoms with Crippen LogP contribution in [0.4, 0.5) is 5.69 Å². The average molecular weight is 192 g/mol. The van der Waals surface area contributed by atoms with Crippen molar-refractivity contribution >= 4 is 5.69 Å². The number of anilines is 1. The molecule has 1 heterocycles. The molecule has 0 amide bonds. The first-order chi connectivity index (χ1) is 6.69. The lowest BCUT2D eigenvalue weighted by Gasteiger charge is -2.19. The highest BCUT2D eigenvalue weighted by Gasteiger charge is 2.07. The summed E-state index contributed by atoms with van der Waals surface area (Å²) in [7, 11) is 0. The van der Waals surface area contributed by atoms with Crippen LogP contribution in [0.25, 0.3) is 0 Å². The normalized spacial score (nSPS) is 10.6. The van der Waals surface area contributed by atoms with Crippen LogP contribution >= 0.6 is 0 Å². The van der Waals surface area contributed by atoms with Crippen molar-refractivity contribution in [1.29, 1.82) is 0 Å². The minimum Gasteiger partial charge on any atom is -0.381 e. The molecule has 0 atom stereocenters. The zero-order valence-corrected chi connectivity index (χ0v) is 9.59. The van der Waals surface area contributed by atoms with Gasteiger partial charge in [0.15, 0.2) is 0 Å². The molecule has 0 aromatic carbocycles. The zero-order chi connectivity index (χ0) is 10.6. The van der Waals surface area contributed by atoms with Crippen molar-refractivity contribution in [2.75, 3.05) is 5.32 Å². The molecule has 14 heavy (non-hydrogen) atoms. The Morgan fingerprint density at radius 3 is 2.43 bits per heavy atom. The van der Waals surface area contributed by atoms with Gasteiger partial charge in [0.05, 0.1) is 11.4 Å². The summed E-state index contributed by atoms with van der Waals surface area (Å²) in [6.07, 6.45) is 4.18. The van der Waals surface area contributed by atoms with Crippen LogP contribution in [-0.2, 0) is 0 Å². The van der Waals surface area contributed by atoms with Crippen LogP contribution in [0.3, 0.4) is 0 Å². The highest BCUT2D eigenvalue weighted by Crippen LogP contribution is 2.19. The van der Waals surface area contributed by atoms with Gasteiger partial charge in [0, 0.05) is 12.2 Å². The largest absolute Gasteiger partial charge is 0.381 e. The van der Waals surface area contributed by atoms with Crippen LogP contribution in [0.15, 0.2) is 12.3 Å². The molecule has 0 aliphatic rings. The molecule has 0 unspecified atom stereocenters. The Hall–Kier alpha value is -1.05. The predicted molar refractivity (Wildman–Crippen MR) is 61.7 cm³/mol. The Labute approximate surface area is 86.8 Å². The SMILES string of the molecule is CCC(CC)Nc1c(C)ccnc1C. The molecule has 2 nitrogen and oxygen atoms in total. The maximum atomic E-state index is 4.30. The Kier molecular flexibility index (Phi) is 3.93. The number of pyridine rings is 1. The lowest BCUT2D eigenvalue weighted by molar-refractivity contribution is 0.670. The summed E-state index contributed by atoms with van der Waals surface area (Å²) in [6.45, 7) is 8.60. The Morgan fingerprint density at radius 1 is 1.29 bits per heavy atom. The topological polar surface area (TPSA) is 24.9 Å². The van der Waals surface area contributed by atoms with Crippen molar-refractivity contribution in [2.45, 2.75) is 46.6 Å². The molecule has 1 aromatic heterocycles. The maximum absolute atomic E-state index is 4.30. The van der Waals surface area contributed by atoms with Crippen LogP contribution < -0.4 is 5.32 Å². The van der Waals surface area contributed by atoms with E-state index in [9.17, 15) is 0 Å². The van der Waals surface area contributed by atoms with Gasteiger partial charge in [-0.15, -0.1) is 0 Å². The quantitative estimate of drug-likeness (QED) is 0.791. The van der Waals surface area contributed by atoms with E-state index in [2.05, 4.69) is 44.1 Å². The summed E-state index contributed by atoms with van der Waals surface area (Å²) < 4.78 is 0. The Bertz CT molecular complexity index is 270. The van der Waals surface area contributed by atoms with Gasteiger partial charge in [-0.1, -0.05) is 13.8 Å². The number of hydrogen-bond acceptors (Lipinski definition) is 2. The van der Waals surface area contributed by atoms with Crippen molar-refractivity contribution in [3.8, 4) is 0 Å². The third-order valence-electron chi connectivity index (χ3n) is 2.68. The second kappa shape index (κ2) is 4.99. The molecule has 0 fully saturated rings. The van der Waals surface area contributed by atoms with E-state index >= 15 is 0 Å². The number of hydrogen-bond donors (Lipinski definition) is 1. The molecule has 0 aliphatic carbocycles. The third-order valence-corrected chi connectivity index (χ3v) is 2.68. The molecule has 0 spiro atoms. The summed E-state index contributed by atoms with van der Waals surface area (Å²) in [5, 5.41) is 3.55. The lowest BCUT2D eigenvalue weighted by atomic mass is 10.1. The second-order valence-electron chi connectivity index (χ2n) is 3.75. The standard InChI is InChI=1S/C12H20N2/c1-5-11(6-2)14-12-9(3)7-8-13-10(12)4/h7-8,11,14H,5-6H2,1-4H3. The first-order valence-electron chi connectivity index (χ1n) is 5.37. The highest BCUT2D eigenvalue weighted by atomic mass is 14.9. The molecular formula is C12H20N2. The zero-order valence-electron chi connectivity index (χ0n) is 9.59.